The van der Waals surface area contributed by atoms with Crippen molar-refractivity contribution in [3.05, 3.63) is 76.6 Å². The number of anilines is 1. The lowest BCUT2D eigenvalue weighted by Crippen LogP contribution is -2.22. The van der Waals surface area contributed by atoms with Crippen LogP contribution in [0.25, 0.3) is 32.9 Å². The number of hydrogen-bond donors (Lipinski definition) is 0. The molecule has 4 heteroatoms. The second-order valence-corrected chi connectivity index (χ2v) is 7.19. The lowest BCUT2D eigenvalue weighted by molar-refractivity contribution is 0.523. The molecule has 0 unspecified atom stereocenters. The number of rotatable bonds is 2. The lowest BCUT2D eigenvalue weighted by atomic mass is 9.99. The standard InChI is InChI=1S/C24H18N2O2/c25-15-21-22(26-11-3-4-12-26)14-23(28-24(21)27)18-9-10-20-17(13-18)8-7-16-5-1-2-6-19(16)20/h1-2,5-10,13-14H,3-4,11-12H2. The fourth-order valence-corrected chi connectivity index (χ4v) is 4.10. The molecule has 2 heterocycles. The summed E-state index contributed by atoms with van der Waals surface area (Å²) < 4.78 is 5.52. The minimum Gasteiger partial charge on any atom is -0.422 e. The second-order valence-electron chi connectivity index (χ2n) is 7.19. The van der Waals surface area contributed by atoms with Gasteiger partial charge in [0.1, 0.15) is 11.8 Å². The van der Waals surface area contributed by atoms with E-state index < -0.39 is 5.63 Å². The molecule has 4 aromatic rings. The van der Waals surface area contributed by atoms with Crippen LogP contribution in [0.4, 0.5) is 5.69 Å². The third-order valence-corrected chi connectivity index (χ3v) is 5.52. The molecule has 1 saturated heterocycles. The second kappa shape index (κ2) is 6.54. The maximum absolute atomic E-state index is 12.4. The van der Waals surface area contributed by atoms with Crippen LogP contribution in [-0.2, 0) is 0 Å². The van der Waals surface area contributed by atoms with Crippen molar-refractivity contribution in [3.8, 4) is 17.4 Å². The Labute approximate surface area is 162 Å². The highest BCUT2D eigenvalue weighted by atomic mass is 16.4. The summed E-state index contributed by atoms with van der Waals surface area (Å²) in [5.74, 6) is 0.501. The summed E-state index contributed by atoms with van der Waals surface area (Å²) in [5, 5.41) is 14.1. The van der Waals surface area contributed by atoms with Crippen LogP contribution in [0.1, 0.15) is 18.4 Å². The summed E-state index contributed by atoms with van der Waals surface area (Å²) in [4.78, 5) is 14.5. The summed E-state index contributed by atoms with van der Waals surface area (Å²) in [5.41, 5.74) is 1.05. The van der Waals surface area contributed by atoms with Crippen molar-refractivity contribution in [2.75, 3.05) is 18.0 Å². The summed E-state index contributed by atoms with van der Waals surface area (Å²) >= 11 is 0. The van der Waals surface area contributed by atoms with Crippen molar-refractivity contribution in [1.82, 2.24) is 0 Å². The number of nitrogens with zero attached hydrogens (tertiary/aromatic N) is 2. The largest absolute Gasteiger partial charge is 0.422 e. The number of hydrogen-bond acceptors (Lipinski definition) is 4. The predicted octanol–water partition coefficient (Wildman–Crippen LogP) is 5.09. The molecule has 0 bridgehead atoms. The van der Waals surface area contributed by atoms with E-state index in [0.29, 0.717) is 11.4 Å². The van der Waals surface area contributed by atoms with E-state index in [1.54, 1.807) is 0 Å². The van der Waals surface area contributed by atoms with E-state index in [0.717, 1.165) is 42.3 Å². The van der Waals surface area contributed by atoms with Crippen molar-refractivity contribution < 1.29 is 4.42 Å². The van der Waals surface area contributed by atoms with Gasteiger partial charge in [-0.05, 0) is 40.5 Å². The van der Waals surface area contributed by atoms with E-state index >= 15 is 0 Å². The van der Waals surface area contributed by atoms with E-state index in [-0.39, 0.29) is 5.56 Å². The molecule has 0 atom stereocenters. The third-order valence-electron chi connectivity index (χ3n) is 5.52. The van der Waals surface area contributed by atoms with Crippen molar-refractivity contribution in [2.24, 2.45) is 0 Å². The Kier molecular flexibility index (Phi) is 3.87. The van der Waals surface area contributed by atoms with Crippen LogP contribution < -0.4 is 10.5 Å². The smallest absolute Gasteiger partial charge is 0.356 e. The minimum atomic E-state index is -0.569. The normalized spacial score (nSPS) is 13.9. The fraction of sp³-hybridized carbons (Fsp3) is 0.167. The van der Waals surface area contributed by atoms with Crippen LogP contribution in [0.2, 0.25) is 0 Å². The Hall–Kier alpha value is -3.58. The van der Waals surface area contributed by atoms with Gasteiger partial charge in [-0.2, -0.15) is 5.26 Å². The lowest BCUT2D eigenvalue weighted by Gasteiger charge is -2.19. The van der Waals surface area contributed by atoms with Gasteiger partial charge in [0.15, 0.2) is 5.56 Å². The van der Waals surface area contributed by atoms with Gasteiger partial charge >= 0.3 is 5.63 Å². The molecule has 0 N–H and O–H groups in total. The first-order valence-corrected chi connectivity index (χ1v) is 9.50. The number of nitriles is 1. The molecule has 0 saturated carbocycles. The van der Waals surface area contributed by atoms with Gasteiger partial charge in [0, 0.05) is 24.7 Å². The molecule has 4 nitrogen and oxygen atoms in total. The van der Waals surface area contributed by atoms with E-state index in [2.05, 4.69) is 35.2 Å². The monoisotopic (exact) mass is 366 g/mol. The molecule has 136 valence electrons. The molecule has 0 aliphatic carbocycles. The maximum atomic E-state index is 12.4. The van der Waals surface area contributed by atoms with E-state index in [4.69, 9.17) is 4.42 Å². The summed E-state index contributed by atoms with van der Waals surface area (Å²) in [6.07, 6.45) is 2.15. The van der Waals surface area contributed by atoms with Crippen molar-refractivity contribution >= 4 is 27.2 Å². The summed E-state index contributed by atoms with van der Waals surface area (Å²) in [6, 6.07) is 22.4. The van der Waals surface area contributed by atoms with Crippen LogP contribution in [0.3, 0.4) is 0 Å². The van der Waals surface area contributed by atoms with E-state index in [1.165, 1.54) is 10.8 Å². The summed E-state index contributed by atoms with van der Waals surface area (Å²) in [7, 11) is 0. The molecule has 0 radical (unpaired) electrons. The van der Waals surface area contributed by atoms with Gasteiger partial charge in [-0.25, -0.2) is 4.79 Å². The fourth-order valence-electron chi connectivity index (χ4n) is 4.10. The summed E-state index contributed by atoms with van der Waals surface area (Å²) in [6.45, 7) is 1.72. The zero-order valence-corrected chi connectivity index (χ0v) is 15.3. The Balaban J connectivity index is 1.68. The zero-order chi connectivity index (χ0) is 19.1. The SMILES string of the molecule is N#Cc1c(N2CCCC2)cc(-c2ccc3c(ccc4ccccc43)c2)oc1=O. The van der Waals surface area contributed by atoms with Gasteiger partial charge < -0.3 is 9.32 Å². The average molecular weight is 366 g/mol. The predicted molar refractivity (Wildman–Crippen MR) is 112 cm³/mol. The Morgan fingerprint density at radius 1 is 0.893 bits per heavy atom. The highest BCUT2D eigenvalue weighted by molar-refractivity contribution is 6.08. The van der Waals surface area contributed by atoms with Crippen molar-refractivity contribution in [3.63, 3.8) is 0 Å². The van der Waals surface area contributed by atoms with Gasteiger partial charge in [-0.1, -0.05) is 48.5 Å². The van der Waals surface area contributed by atoms with Gasteiger partial charge in [0.25, 0.3) is 0 Å². The van der Waals surface area contributed by atoms with Crippen LogP contribution >= 0.6 is 0 Å². The van der Waals surface area contributed by atoms with Crippen LogP contribution in [0, 0.1) is 11.3 Å². The molecular weight excluding hydrogens is 348 g/mol. The Morgan fingerprint density at radius 2 is 1.64 bits per heavy atom. The highest BCUT2D eigenvalue weighted by Crippen LogP contribution is 2.32. The zero-order valence-electron chi connectivity index (χ0n) is 15.3. The first kappa shape index (κ1) is 16.6. The van der Waals surface area contributed by atoms with Gasteiger partial charge in [0.05, 0.1) is 5.69 Å². The quantitative estimate of drug-likeness (QED) is 0.464. The molecule has 3 aromatic carbocycles. The molecule has 28 heavy (non-hydrogen) atoms. The van der Waals surface area contributed by atoms with Crippen LogP contribution in [-0.4, -0.2) is 13.1 Å². The topological polar surface area (TPSA) is 57.2 Å². The van der Waals surface area contributed by atoms with Crippen molar-refractivity contribution in [1.29, 1.82) is 5.26 Å². The van der Waals surface area contributed by atoms with Gasteiger partial charge in [-0.15, -0.1) is 0 Å². The average Bonchev–Trinajstić information content (AvgIpc) is 3.27. The Bertz CT molecular complexity index is 1310. The van der Waals surface area contributed by atoms with Crippen LogP contribution in [0.15, 0.2) is 69.9 Å². The van der Waals surface area contributed by atoms with E-state index in [9.17, 15) is 10.1 Å². The molecule has 0 amide bonds. The van der Waals surface area contributed by atoms with Gasteiger partial charge in [0.2, 0.25) is 0 Å². The first-order valence-electron chi connectivity index (χ1n) is 9.50. The molecular formula is C24H18N2O2. The van der Waals surface area contributed by atoms with Crippen LogP contribution in [0.5, 0.6) is 0 Å². The number of fused-ring (bicyclic) bond motifs is 3. The molecule has 1 aliphatic rings. The molecule has 0 spiro atoms. The molecule has 1 fully saturated rings. The van der Waals surface area contributed by atoms with Gasteiger partial charge in [-0.3, -0.25) is 0 Å². The van der Waals surface area contributed by atoms with E-state index in [1.807, 2.05) is 36.4 Å². The first-order chi connectivity index (χ1) is 13.7. The Morgan fingerprint density at radius 3 is 2.46 bits per heavy atom. The molecule has 5 rings (SSSR count). The minimum absolute atomic E-state index is 0.0948. The maximum Gasteiger partial charge on any atom is 0.356 e. The molecule has 1 aliphatic heterocycles. The van der Waals surface area contributed by atoms with Crippen molar-refractivity contribution in [2.45, 2.75) is 12.8 Å². The number of benzene rings is 3. The molecule has 1 aromatic heterocycles. The third kappa shape index (κ3) is 2.64. The highest BCUT2D eigenvalue weighted by Gasteiger charge is 2.21.